The minimum atomic E-state index is 0.368. The maximum Gasteiger partial charge on any atom is 0.143 e. The van der Waals surface area contributed by atoms with Gasteiger partial charge in [-0.25, -0.2) is 0 Å². The van der Waals surface area contributed by atoms with Gasteiger partial charge in [-0.2, -0.15) is 0 Å². The van der Waals surface area contributed by atoms with Crippen molar-refractivity contribution in [3.05, 3.63) is 27.3 Å². The summed E-state index contributed by atoms with van der Waals surface area (Å²) in [6, 6.07) is 4.12. The summed E-state index contributed by atoms with van der Waals surface area (Å²) in [6.07, 6.45) is 2.35. The van der Waals surface area contributed by atoms with Crippen LogP contribution in [0.3, 0.4) is 0 Å². The summed E-state index contributed by atoms with van der Waals surface area (Å²) in [4.78, 5) is 3.45. The van der Waals surface area contributed by atoms with E-state index in [1.54, 1.807) is 7.11 Å². The number of rotatable bonds is 2. The van der Waals surface area contributed by atoms with Crippen LogP contribution in [0.25, 0.3) is 10.9 Å². The Bertz CT molecular complexity index is 590. The first-order valence-electron chi connectivity index (χ1n) is 5.99. The van der Waals surface area contributed by atoms with Crippen LogP contribution in [0.2, 0.25) is 5.02 Å². The van der Waals surface area contributed by atoms with Crippen molar-refractivity contribution in [1.29, 1.82) is 0 Å². The molecule has 0 amide bonds. The van der Waals surface area contributed by atoms with Crippen molar-refractivity contribution >= 4 is 38.4 Å². The van der Waals surface area contributed by atoms with Crippen LogP contribution in [0.1, 0.15) is 24.6 Å². The van der Waals surface area contributed by atoms with Gasteiger partial charge in [-0.1, -0.05) is 11.6 Å². The summed E-state index contributed by atoms with van der Waals surface area (Å²) in [6.45, 7) is 1.07. The van der Waals surface area contributed by atoms with Crippen LogP contribution < -0.4 is 10.1 Å². The zero-order valence-electron chi connectivity index (χ0n) is 10.0. The summed E-state index contributed by atoms with van der Waals surface area (Å²) in [7, 11) is 1.67. The summed E-state index contributed by atoms with van der Waals surface area (Å²) in [5, 5.41) is 5.22. The van der Waals surface area contributed by atoms with Crippen molar-refractivity contribution in [3.63, 3.8) is 0 Å². The molecular weight excluding hydrogens is 316 g/mol. The van der Waals surface area contributed by atoms with Gasteiger partial charge in [-0.15, -0.1) is 0 Å². The van der Waals surface area contributed by atoms with Gasteiger partial charge in [0, 0.05) is 21.6 Å². The Morgan fingerprint density at radius 3 is 2.94 bits per heavy atom. The second kappa shape index (κ2) is 4.76. The number of hydrogen-bond acceptors (Lipinski definition) is 2. The molecule has 0 spiro atoms. The topological polar surface area (TPSA) is 37.0 Å². The van der Waals surface area contributed by atoms with E-state index >= 15 is 0 Å². The molecule has 2 heterocycles. The molecule has 1 unspecified atom stereocenters. The Balaban J connectivity index is 2.22. The van der Waals surface area contributed by atoms with Gasteiger partial charge in [-0.05, 0) is 47.4 Å². The maximum absolute atomic E-state index is 6.29. The second-order valence-corrected chi connectivity index (χ2v) is 5.70. The number of benzene rings is 1. The SMILES string of the molecule is COc1ccc(Cl)c2c(Br)c(C3CCCN3)[nH]c12. The lowest BCUT2D eigenvalue weighted by molar-refractivity contribution is 0.419. The van der Waals surface area contributed by atoms with E-state index in [4.69, 9.17) is 16.3 Å². The predicted molar refractivity (Wildman–Crippen MR) is 77.5 cm³/mol. The zero-order chi connectivity index (χ0) is 12.7. The van der Waals surface area contributed by atoms with Crippen molar-refractivity contribution in [2.45, 2.75) is 18.9 Å². The Morgan fingerprint density at radius 2 is 2.28 bits per heavy atom. The molecule has 96 valence electrons. The number of fused-ring (bicyclic) bond motifs is 1. The quantitative estimate of drug-likeness (QED) is 0.873. The third-order valence-electron chi connectivity index (χ3n) is 3.46. The largest absolute Gasteiger partial charge is 0.495 e. The number of ether oxygens (including phenoxy) is 1. The van der Waals surface area contributed by atoms with E-state index in [2.05, 4.69) is 26.2 Å². The van der Waals surface area contributed by atoms with Gasteiger partial charge in [0.05, 0.1) is 17.6 Å². The molecule has 2 aromatic rings. The van der Waals surface area contributed by atoms with Gasteiger partial charge in [0.15, 0.2) is 0 Å². The van der Waals surface area contributed by atoms with Crippen molar-refractivity contribution in [2.75, 3.05) is 13.7 Å². The average molecular weight is 330 g/mol. The number of methoxy groups -OCH3 is 1. The van der Waals surface area contributed by atoms with E-state index < -0.39 is 0 Å². The summed E-state index contributed by atoms with van der Waals surface area (Å²) in [5.41, 5.74) is 2.12. The minimum absolute atomic E-state index is 0.368. The summed E-state index contributed by atoms with van der Waals surface area (Å²) >= 11 is 9.95. The van der Waals surface area contributed by atoms with Crippen LogP contribution in [-0.2, 0) is 0 Å². The van der Waals surface area contributed by atoms with Crippen LogP contribution in [-0.4, -0.2) is 18.6 Å². The van der Waals surface area contributed by atoms with Gasteiger partial charge >= 0.3 is 0 Å². The fraction of sp³-hybridized carbons (Fsp3) is 0.385. The predicted octanol–water partition coefficient (Wildman–Crippen LogP) is 4.02. The lowest BCUT2D eigenvalue weighted by Crippen LogP contribution is -2.13. The lowest BCUT2D eigenvalue weighted by Gasteiger charge is -2.08. The number of hydrogen-bond donors (Lipinski definition) is 2. The van der Waals surface area contributed by atoms with Crippen molar-refractivity contribution in [3.8, 4) is 5.75 Å². The van der Waals surface area contributed by atoms with Gasteiger partial charge in [0.2, 0.25) is 0 Å². The standard InChI is InChI=1S/C13H14BrClN2O/c1-18-9-5-4-7(15)10-11(14)12(17-13(9)10)8-3-2-6-16-8/h4-5,8,16-17H,2-3,6H2,1H3. The Kier molecular flexibility index (Phi) is 3.26. The monoisotopic (exact) mass is 328 g/mol. The fourth-order valence-electron chi connectivity index (χ4n) is 2.56. The van der Waals surface area contributed by atoms with Crippen molar-refractivity contribution in [2.24, 2.45) is 0 Å². The Morgan fingerprint density at radius 1 is 1.44 bits per heavy atom. The van der Waals surface area contributed by atoms with E-state index in [0.29, 0.717) is 6.04 Å². The van der Waals surface area contributed by atoms with E-state index in [9.17, 15) is 0 Å². The molecule has 2 N–H and O–H groups in total. The third-order valence-corrected chi connectivity index (χ3v) is 4.60. The first-order chi connectivity index (χ1) is 8.72. The highest BCUT2D eigenvalue weighted by molar-refractivity contribution is 9.10. The average Bonchev–Trinajstić information content (AvgIpc) is 2.98. The lowest BCUT2D eigenvalue weighted by atomic mass is 10.1. The van der Waals surface area contributed by atoms with E-state index in [1.165, 1.54) is 6.42 Å². The van der Waals surface area contributed by atoms with E-state index in [1.807, 2.05) is 12.1 Å². The van der Waals surface area contributed by atoms with Gasteiger partial charge in [-0.3, -0.25) is 0 Å². The molecule has 0 saturated carbocycles. The molecule has 1 saturated heterocycles. The highest BCUT2D eigenvalue weighted by atomic mass is 79.9. The molecule has 3 nitrogen and oxygen atoms in total. The van der Waals surface area contributed by atoms with Crippen LogP contribution in [0.15, 0.2) is 16.6 Å². The first kappa shape index (κ1) is 12.3. The molecule has 1 aromatic carbocycles. The fourth-order valence-corrected chi connectivity index (χ4v) is 3.72. The molecule has 0 radical (unpaired) electrons. The molecule has 0 bridgehead atoms. The van der Waals surface area contributed by atoms with Gasteiger partial charge in [0.25, 0.3) is 0 Å². The zero-order valence-corrected chi connectivity index (χ0v) is 12.4. The normalized spacial score (nSPS) is 19.6. The van der Waals surface area contributed by atoms with E-state index in [-0.39, 0.29) is 0 Å². The molecule has 1 atom stereocenters. The van der Waals surface area contributed by atoms with Gasteiger partial charge in [0.1, 0.15) is 5.75 Å². The van der Waals surface area contributed by atoms with Crippen LogP contribution in [0, 0.1) is 0 Å². The molecular formula is C13H14BrClN2O. The molecule has 1 aromatic heterocycles. The molecule has 1 aliphatic rings. The summed E-state index contributed by atoms with van der Waals surface area (Å²) in [5.74, 6) is 0.819. The van der Waals surface area contributed by atoms with E-state index in [0.717, 1.165) is 44.8 Å². The Hall–Kier alpha value is -0.710. The maximum atomic E-state index is 6.29. The Labute approximate surface area is 119 Å². The molecule has 3 rings (SSSR count). The molecule has 1 fully saturated rings. The highest BCUT2D eigenvalue weighted by Gasteiger charge is 2.24. The van der Waals surface area contributed by atoms with Gasteiger partial charge < -0.3 is 15.0 Å². The third kappa shape index (κ3) is 1.83. The summed E-state index contributed by atoms with van der Waals surface area (Å²) < 4.78 is 6.42. The second-order valence-electron chi connectivity index (χ2n) is 4.50. The van der Waals surface area contributed by atoms with Crippen LogP contribution in [0.5, 0.6) is 5.75 Å². The number of aromatic nitrogens is 1. The number of halogens is 2. The molecule has 18 heavy (non-hydrogen) atoms. The van der Waals surface area contributed by atoms with Crippen LogP contribution in [0.4, 0.5) is 0 Å². The molecule has 5 heteroatoms. The minimum Gasteiger partial charge on any atom is -0.495 e. The number of aromatic amines is 1. The smallest absolute Gasteiger partial charge is 0.143 e. The first-order valence-corrected chi connectivity index (χ1v) is 7.16. The number of H-pyrrole nitrogens is 1. The van der Waals surface area contributed by atoms with Crippen molar-refractivity contribution in [1.82, 2.24) is 10.3 Å². The molecule has 1 aliphatic heterocycles. The highest BCUT2D eigenvalue weighted by Crippen LogP contribution is 2.41. The number of nitrogens with one attached hydrogen (secondary N) is 2. The van der Waals surface area contributed by atoms with Crippen molar-refractivity contribution < 1.29 is 4.74 Å². The van der Waals surface area contributed by atoms with Crippen LogP contribution >= 0.6 is 27.5 Å². The molecule has 0 aliphatic carbocycles.